The van der Waals surface area contributed by atoms with Crippen LogP contribution in [0.15, 0.2) is 34.7 Å². The number of aromatic nitrogens is 2. The summed E-state index contributed by atoms with van der Waals surface area (Å²) >= 11 is 0. The van der Waals surface area contributed by atoms with Gasteiger partial charge in [0.15, 0.2) is 0 Å². The largest absolute Gasteiger partial charge is 0.441 e. The van der Waals surface area contributed by atoms with E-state index in [-0.39, 0.29) is 17.7 Å². The Bertz CT molecular complexity index is 799. The van der Waals surface area contributed by atoms with E-state index in [1.807, 2.05) is 35.2 Å². The molecule has 7 heteroatoms. The Morgan fingerprint density at radius 3 is 2.64 bits per heavy atom. The summed E-state index contributed by atoms with van der Waals surface area (Å²) in [6, 6.07) is 10.0. The van der Waals surface area contributed by atoms with Gasteiger partial charge in [0.25, 0.3) is 0 Å². The fourth-order valence-electron chi connectivity index (χ4n) is 4.15. The average Bonchev–Trinajstić information content (AvgIpc) is 3.29. The normalized spacial score (nSPS) is 20.5. The second kappa shape index (κ2) is 7.91. The van der Waals surface area contributed by atoms with Gasteiger partial charge in [0.05, 0.1) is 13.1 Å². The summed E-state index contributed by atoms with van der Waals surface area (Å²) in [5.41, 5.74) is 0.595. The molecule has 7 nitrogen and oxygen atoms in total. The second-order valence-electron chi connectivity index (χ2n) is 7.96. The zero-order valence-corrected chi connectivity index (χ0v) is 16.6. The van der Waals surface area contributed by atoms with Crippen molar-refractivity contribution in [1.29, 1.82) is 0 Å². The lowest BCUT2D eigenvalue weighted by Gasteiger charge is -2.37. The number of benzene rings is 1. The number of hydrogen-bond acceptors (Lipinski definition) is 6. The average molecular weight is 384 g/mol. The van der Waals surface area contributed by atoms with Crippen LogP contribution in [0.5, 0.6) is 0 Å². The number of amides is 1. The zero-order chi connectivity index (χ0) is 19.6. The first-order valence-corrected chi connectivity index (χ1v) is 10.2. The summed E-state index contributed by atoms with van der Waals surface area (Å²) in [5.74, 6) is 1.17. The lowest BCUT2D eigenvalue weighted by Crippen LogP contribution is -2.47. The molecule has 1 atom stereocenters. The minimum absolute atomic E-state index is 0.154. The third-order valence-electron chi connectivity index (χ3n) is 5.85. The molecule has 1 spiro atoms. The molecule has 2 saturated heterocycles. The maximum Gasteiger partial charge on any atom is 0.410 e. The van der Waals surface area contributed by atoms with Gasteiger partial charge in [-0.1, -0.05) is 31.5 Å². The van der Waals surface area contributed by atoms with E-state index >= 15 is 0 Å². The van der Waals surface area contributed by atoms with E-state index in [1.54, 1.807) is 0 Å². The van der Waals surface area contributed by atoms with Gasteiger partial charge in [-0.25, -0.2) is 4.79 Å². The van der Waals surface area contributed by atoms with Crippen LogP contribution in [0.3, 0.4) is 0 Å². The van der Waals surface area contributed by atoms with Gasteiger partial charge in [-0.05, 0) is 25.5 Å². The molecule has 0 radical (unpaired) electrons. The molecule has 150 valence electrons. The summed E-state index contributed by atoms with van der Waals surface area (Å²) in [6.07, 6.45) is 3.61. The van der Waals surface area contributed by atoms with Crippen molar-refractivity contribution in [1.82, 2.24) is 20.0 Å². The van der Waals surface area contributed by atoms with E-state index in [0.29, 0.717) is 24.9 Å². The third kappa shape index (κ3) is 3.90. The topological polar surface area (TPSA) is 71.7 Å². The van der Waals surface area contributed by atoms with Crippen LogP contribution in [-0.4, -0.2) is 57.4 Å². The lowest BCUT2D eigenvalue weighted by molar-refractivity contribution is -0.00304. The van der Waals surface area contributed by atoms with E-state index in [1.165, 1.54) is 0 Å². The smallest absolute Gasteiger partial charge is 0.410 e. The van der Waals surface area contributed by atoms with Gasteiger partial charge in [-0.15, -0.1) is 10.2 Å². The standard InChI is InChI=1S/C21H28N4O3/c1-3-7-16(2)25-15-21(28-20(25)26)10-12-24(13-11-21)14-18-22-23-19(27-18)17-8-5-4-6-9-17/h4-6,8-9,16H,3,7,10-15H2,1-2H3/t16-/m0/s1. The molecule has 1 aromatic heterocycles. The Hall–Kier alpha value is -2.41. The SMILES string of the molecule is CCC[C@H](C)N1CC2(CCN(Cc3nnc(-c4ccccc4)o3)CC2)OC1=O. The quantitative estimate of drug-likeness (QED) is 0.756. The molecule has 3 heterocycles. The highest BCUT2D eigenvalue weighted by atomic mass is 16.6. The molecular weight excluding hydrogens is 356 g/mol. The highest BCUT2D eigenvalue weighted by molar-refractivity contribution is 5.71. The van der Waals surface area contributed by atoms with E-state index < -0.39 is 0 Å². The van der Waals surface area contributed by atoms with Crippen molar-refractivity contribution >= 4 is 6.09 Å². The van der Waals surface area contributed by atoms with Crippen LogP contribution in [-0.2, 0) is 11.3 Å². The zero-order valence-electron chi connectivity index (χ0n) is 16.6. The van der Waals surface area contributed by atoms with Crippen molar-refractivity contribution < 1.29 is 13.9 Å². The van der Waals surface area contributed by atoms with Crippen LogP contribution in [0, 0.1) is 0 Å². The van der Waals surface area contributed by atoms with Crippen LogP contribution in [0.1, 0.15) is 45.4 Å². The minimum Gasteiger partial charge on any atom is -0.441 e. The molecule has 1 aromatic carbocycles. The first kappa shape index (κ1) is 18.9. The van der Waals surface area contributed by atoms with Gasteiger partial charge in [-0.2, -0.15) is 0 Å². The number of ether oxygens (including phenoxy) is 1. The number of rotatable bonds is 6. The molecule has 2 aliphatic heterocycles. The van der Waals surface area contributed by atoms with Crippen molar-refractivity contribution in [3.05, 3.63) is 36.2 Å². The summed E-state index contributed by atoms with van der Waals surface area (Å²) in [4.78, 5) is 16.5. The molecule has 2 aromatic rings. The molecule has 1 amide bonds. The lowest BCUT2D eigenvalue weighted by atomic mass is 9.91. The van der Waals surface area contributed by atoms with Gasteiger partial charge in [0.1, 0.15) is 5.60 Å². The molecular formula is C21H28N4O3. The van der Waals surface area contributed by atoms with E-state index in [2.05, 4.69) is 28.9 Å². The Morgan fingerprint density at radius 2 is 1.93 bits per heavy atom. The summed E-state index contributed by atoms with van der Waals surface area (Å²) in [7, 11) is 0. The third-order valence-corrected chi connectivity index (χ3v) is 5.85. The molecule has 0 bridgehead atoms. The monoisotopic (exact) mass is 384 g/mol. The number of likely N-dealkylation sites (tertiary alicyclic amines) is 1. The molecule has 2 fully saturated rings. The number of nitrogens with zero attached hydrogens (tertiary/aromatic N) is 4. The summed E-state index contributed by atoms with van der Waals surface area (Å²) in [5, 5.41) is 8.35. The van der Waals surface area contributed by atoms with Gasteiger partial charge in [0.2, 0.25) is 11.8 Å². The maximum atomic E-state index is 12.3. The van der Waals surface area contributed by atoms with Crippen molar-refractivity contribution in [2.24, 2.45) is 0 Å². The predicted molar refractivity (Wildman–Crippen MR) is 105 cm³/mol. The molecule has 2 aliphatic rings. The minimum atomic E-state index is -0.334. The molecule has 0 N–H and O–H groups in total. The van der Waals surface area contributed by atoms with E-state index in [0.717, 1.165) is 44.3 Å². The molecule has 4 rings (SSSR count). The number of piperidine rings is 1. The van der Waals surface area contributed by atoms with Crippen LogP contribution in [0.2, 0.25) is 0 Å². The Morgan fingerprint density at radius 1 is 1.18 bits per heavy atom. The Balaban J connectivity index is 1.33. The van der Waals surface area contributed by atoms with E-state index in [4.69, 9.17) is 9.15 Å². The fourth-order valence-corrected chi connectivity index (χ4v) is 4.15. The van der Waals surface area contributed by atoms with Gasteiger partial charge in [0, 0.05) is 37.5 Å². The molecule has 0 unspecified atom stereocenters. The maximum absolute atomic E-state index is 12.3. The number of carbonyl (C=O) groups excluding carboxylic acids is 1. The van der Waals surface area contributed by atoms with Crippen LogP contribution < -0.4 is 0 Å². The highest BCUT2D eigenvalue weighted by Gasteiger charge is 2.48. The molecule has 0 saturated carbocycles. The summed E-state index contributed by atoms with van der Waals surface area (Å²) in [6.45, 7) is 7.30. The highest BCUT2D eigenvalue weighted by Crippen LogP contribution is 2.35. The van der Waals surface area contributed by atoms with Gasteiger partial charge < -0.3 is 14.1 Å². The predicted octanol–water partition coefficient (Wildman–Crippen LogP) is 3.71. The van der Waals surface area contributed by atoms with Crippen LogP contribution >= 0.6 is 0 Å². The number of hydrogen-bond donors (Lipinski definition) is 0. The Labute approximate surface area is 165 Å². The first-order valence-electron chi connectivity index (χ1n) is 10.2. The van der Waals surface area contributed by atoms with Crippen molar-refractivity contribution in [3.63, 3.8) is 0 Å². The van der Waals surface area contributed by atoms with Gasteiger partial charge in [-0.3, -0.25) is 4.90 Å². The molecule has 0 aliphatic carbocycles. The van der Waals surface area contributed by atoms with E-state index in [9.17, 15) is 4.79 Å². The van der Waals surface area contributed by atoms with Crippen LogP contribution in [0.4, 0.5) is 4.79 Å². The van der Waals surface area contributed by atoms with Crippen molar-refractivity contribution in [2.45, 2.75) is 57.7 Å². The number of carbonyl (C=O) groups is 1. The second-order valence-corrected chi connectivity index (χ2v) is 7.96. The first-order chi connectivity index (χ1) is 13.6. The van der Waals surface area contributed by atoms with Crippen molar-refractivity contribution in [3.8, 4) is 11.5 Å². The molecule has 28 heavy (non-hydrogen) atoms. The van der Waals surface area contributed by atoms with Crippen molar-refractivity contribution in [2.75, 3.05) is 19.6 Å². The van der Waals surface area contributed by atoms with Gasteiger partial charge >= 0.3 is 6.09 Å². The van der Waals surface area contributed by atoms with Crippen LogP contribution in [0.25, 0.3) is 11.5 Å². The Kier molecular flexibility index (Phi) is 5.35. The summed E-state index contributed by atoms with van der Waals surface area (Å²) < 4.78 is 11.7. The fraction of sp³-hybridized carbons (Fsp3) is 0.571.